The zero-order chi connectivity index (χ0) is 26.8. The SMILES string of the molecule is Cc1ccc(-n2c(SCC(=O)Nc3cc(C(F)(F)F)cc(C(F)(F)F)c3)nnc2-c2cccnc2)cc1. The Hall–Kier alpha value is -3.87. The lowest BCUT2D eigenvalue weighted by atomic mass is 10.1. The highest BCUT2D eigenvalue weighted by Gasteiger charge is 2.37. The van der Waals surface area contributed by atoms with E-state index in [1.165, 1.54) is 0 Å². The summed E-state index contributed by atoms with van der Waals surface area (Å²) in [5, 5.41) is 10.7. The van der Waals surface area contributed by atoms with Crippen molar-refractivity contribution in [2.45, 2.75) is 24.4 Å². The first-order chi connectivity index (χ1) is 17.4. The molecule has 0 aliphatic carbocycles. The number of amides is 1. The van der Waals surface area contributed by atoms with Gasteiger partial charge in [0.25, 0.3) is 0 Å². The van der Waals surface area contributed by atoms with Crippen molar-refractivity contribution >= 4 is 23.4 Å². The van der Waals surface area contributed by atoms with Crippen LogP contribution in [0.1, 0.15) is 16.7 Å². The molecule has 0 aliphatic heterocycles. The Morgan fingerprint density at radius 3 is 2.16 bits per heavy atom. The van der Waals surface area contributed by atoms with Crippen LogP contribution in [0.5, 0.6) is 0 Å². The third-order valence-electron chi connectivity index (χ3n) is 5.05. The van der Waals surface area contributed by atoms with Crippen LogP contribution in [0.4, 0.5) is 32.0 Å². The van der Waals surface area contributed by atoms with Crippen molar-refractivity contribution in [1.82, 2.24) is 19.7 Å². The molecule has 6 nitrogen and oxygen atoms in total. The minimum Gasteiger partial charge on any atom is -0.325 e. The Balaban J connectivity index is 1.59. The van der Waals surface area contributed by atoms with Gasteiger partial charge in [0, 0.05) is 29.3 Å². The van der Waals surface area contributed by atoms with Gasteiger partial charge in [0.15, 0.2) is 11.0 Å². The molecule has 2 aromatic heterocycles. The van der Waals surface area contributed by atoms with Crippen LogP contribution in [-0.4, -0.2) is 31.4 Å². The summed E-state index contributed by atoms with van der Waals surface area (Å²) in [6.45, 7) is 1.91. The molecule has 0 aliphatic rings. The van der Waals surface area contributed by atoms with Gasteiger partial charge in [-0.1, -0.05) is 29.5 Å². The van der Waals surface area contributed by atoms with Crippen LogP contribution >= 0.6 is 11.8 Å². The van der Waals surface area contributed by atoms with E-state index in [4.69, 9.17) is 0 Å². The number of carbonyl (C=O) groups is 1. The zero-order valence-electron chi connectivity index (χ0n) is 18.9. The quantitative estimate of drug-likeness (QED) is 0.228. The van der Waals surface area contributed by atoms with Gasteiger partial charge in [-0.05, 0) is 49.4 Å². The molecular formula is C24H17F6N5OS. The largest absolute Gasteiger partial charge is 0.416 e. The van der Waals surface area contributed by atoms with E-state index in [1.54, 1.807) is 29.1 Å². The van der Waals surface area contributed by atoms with Crippen LogP contribution in [0.15, 0.2) is 72.1 Å². The Morgan fingerprint density at radius 1 is 0.946 bits per heavy atom. The molecule has 4 aromatic rings. The highest BCUT2D eigenvalue weighted by Crippen LogP contribution is 2.37. The van der Waals surface area contributed by atoms with Gasteiger partial charge in [0.05, 0.1) is 16.9 Å². The van der Waals surface area contributed by atoms with Gasteiger partial charge in [-0.3, -0.25) is 14.3 Å². The maximum Gasteiger partial charge on any atom is 0.416 e. The number of rotatable bonds is 6. The van der Waals surface area contributed by atoms with E-state index in [1.807, 2.05) is 31.2 Å². The summed E-state index contributed by atoms with van der Waals surface area (Å²) in [5.41, 5.74) is -1.33. The summed E-state index contributed by atoms with van der Waals surface area (Å²) >= 11 is 0.921. The number of aromatic nitrogens is 4. The minimum atomic E-state index is -5.03. The molecule has 0 spiro atoms. The van der Waals surface area contributed by atoms with E-state index in [2.05, 4.69) is 20.5 Å². The molecule has 0 atom stereocenters. The molecule has 0 radical (unpaired) electrons. The van der Waals surface area contributed by atoms with Crippen molar-refractivity contribution in [3.8, 4) is 17.1 Å². The van der Waals surface area contributed by atoms with Crippen LogP contribution < -0.4 is 5.32 Å². The number of halogens is 6. The first-order valence-corrected chi connectivity index (χ1v) is 11.6. The molecule has 0 bridgehead atoms. The molecule has 1 amide bonds. The molecule has 192 valence electrons. The van der Waals surface area contributed by atoms with Crippen LogP contribution in [0.3, 0.4) is 0 Å². The van der Waals surface area contributed by atoms with Gasteiger partial charge in [0.2, 0.25) is 5.91 Å². The van der Waals surface area contributed by atoms with E-state index in [0.717, 1.165) is 17.3 Å². The predicted octanol–water partition coefficient (Wildman–Crippen LogP) is 6.41. The van der Waals surface area contributed by atoms with Gasteiger partial charge >= 0.3 is 12.4 Å². The lowest BCUT2D eigenvalue weighted by molar-refractivity contribution is -0.143. The predicted molar refractivity (Wildman–Crippen MR) is 125 cm³/mol. The molecule has 0 saturated heterocycles. The Kier molecular flexibility index (Phi) is 7.25. The normalized spacial score (nSPS) is 12.0. The summed E-state index contributed by atoms with van der Waals surface area (Å²) in [6.07, 6.45) is -6.87. The summed E-state index contributed by atoms with van der Waals surface area (Å²) in [7, 11) is 0. The van der Waals surface area contributed by atoms with Gasteiger partial charge in [-0.2, -0.15) is 26.3 Å². The standard InChI is InChI=1S/C24H17F6N5OS/c1-14-4-6-19(7-5-14)35-21(15-3-2-8-31-12-15)33-34-22(35)37-13-20(36)32-18-10-16(23(25,26)27)9-17(11-18)24(28,29)30/h2-12H,13H2,1H3,(H,32,36). The van der Waals surface area contributed by atoms with E-state index in [-0.39, 0.29) is 17.0 Å². The first-order valence-electron chi connectivity index (χ1n) is 10.6. The van der Waals surface area contributed by atoms with Crippen LogP contribution in [0.25, 0.3) is 17.1 Å². The van der Waals surface area contributed by atoms with Crippen molar-refractivity contribution in [3.05, 3.63) is 83.7 Å². The van der Waals surface area contributed by atoms with Crippen LogP contribution in [-0.2, 0) is 17.1 Å². The number of nitrogens with zero attached hydrogens (tertiary/aromatic N) is 4. The number of aryl methyl sites for hydroxylation is 1. The lowest BCUT2D eigenvalue weighted by Gasteiger charge is -2.15. The number of alkyl halides is 6. The Bertz CT molecular complexity index is 1370. The Labute approximate surface area is 210 Å². The fraction of sp³-hybridized carbons (Fsp3) is 0.167. The van der Waals surface area contributed by atoms with Crippen molar-refractivity contribution in [1.29, 1.82) is 0 Å². The van der Waals surface area contributed by atoms with Crippen molar-refractivity contribution in [2.75, 3.05) is 11.1 Å². The summed E-state index contributed by atoms with van der Waals surface area (Å²) in [4.78, 5) is 16.6. The van der Waals surface area contributed by atoms with Gasteiger partial charge in [0.1, 0.15) is 0 Å². The number of anilines is 1. The number of thioether (sulfide) groups is 1. The van der Waals surface area contributed by atoms with E-state index in [9.17, 15) is 31.1 Å². The lowest BCUT2D eigenvalue weighted by Crippen LogP contribution is -2.17. The highest BCUT2D eigenvalue weighted by molar-refractivity contribution is 7.99. The van der Waals surface area contributed by atoms with Crippen molar-refractivity contribution in [3.63, 3.8) is 0 Å². The van der Waals surface area contributed by atoms with Gasteiger partial charge < -0.3 is 5.32 Å². The maximum absolute atomic E-state index is 13.1. The molecule has 2 aromatic carbocycles. The summed E-state index contributed by atoms with van der Waals surface area (Å²) in [5.74, 6) is -0.736. The van der Waals surface area contributed by atoms with E-state index < -0.39 is 35.1 Å². The second-order valence-electron chi connectivity index (χ2n) is 7.85. The maximum atomic E-state index is 13.1. The molecule has 13 heteroatoms. The minimum absolute atomic E-state index is 0.00553. The van der Waals surface area contributed by atoms with Crippen LogP contribution in [0.2, 0.25) is 0 Å². The summed E-state index contributed by atoms with van der Waals surface area (Å²) in [6, 6.07) is 11.8. The van der Waals surface area contributed by atoms with Crippen molar-refractivity contribution in [2.24, 2.45) is 0 Å². The monoisotopic (exact) mass is 537 g/mol. The first kappa shape index (κ1) is 26.2. The number of nitrogens with one attached hydrogen (secondary N) is 1. The Morgan fingerprint density at radius 2 is 1.59 bits per heavy atom. The number of pyridine rings is 1. The van der Waals surface area contributed by atoms with Crippen molar-refractivity contribution < 1.29 is 31.1 Å². The average Bonchev–Trinajstić information content (AvgIpc) is 3.26. The number of hydrogen-bond acceptors (Lipinski definition) is 5. The number of hydrogen-bond donors (Lipinski definition) is 1. The van der Waals surface area contributed by atoms with Gasteiger partial charge in [-0.25, -0.2) is 0 Å². The molecule has 0 fully saturated rings. The van der Waals surface area contributed by atoms with Crippen LogP contribution in [0, 0.1) is 6.92 Å². The van der Waals surface area contributed by atoms with E-state index >= 15 is 0 Å². The smallest absolute Gasteiger partial charge is 0.325 e. The molecule has 1 N–H and O–H groups in total. The van der Waals surface area contributed by atoms with Gasteiger partial charge in [-0.15, -0.1) is 10.2 Å². The summed E-state index contributed by atoms with van der Waals surface area (Å²) < 4.78 is 80.3. The fourth-order valence-corrected chi connectivity index (χ4v) is 4.08. The molecule has 2 heterocycles. The second kappa shape index (κ2) is 10.2. The third kappa shape index (κ3) is 6.28. The molecule has 0 saturated carbocycles. The molecule has 37 heavy (non-hydrogen) atoms. The number of carbonyl (C=O) groups excluding carboxylic acids is 1. The zero-order valence-corrected chi connectivity index (χ0v) is 19.7. The average molecular weight is 537 g/mol. The molecule has 4 rings (SSSR count). The topological polar surface area (TPSA) is 72.7 Å². The highest BCUT2D eigenvalue weighted by atomic mass is 32.2. The fourth-order valence-electron chi connectivity index (χ4n) is 3.33. The van der Waals surface area contributed by atoms with E-state index in [0.29, 0.717) is 29.2 Å². The number of benzene rings is 2. The third-order valence-corrected chi connectivity index (χ3v) is 5.98. The molecule has 0 unspecified atom stereocenters. The second-order valence-corrected chi connectivity index (χ2v) is 8.79. The molecular weight excluding hydrogens is 520 g/mol.